The molecule has 2 atom stereocenters. The largest absolute Gasteiger partial charge is 0.479 e. The molecule has 2 rings (SSSR count). The van der Waals surface area contributed by atoms with Crippen LogP contribution in [0.5, 0.6) is 5.88 Å². The van der Waals surface area contributed by atoms with Crippen LogP contribution < -0.4 is 15.8 Å². The molecule has 5 nitrogen and oxygen atoms in total. The number of hydrogen-bond acceptors (Lipinski definition) is 5. The molecule has 1 saturated carbocycles. The van der Waals surface area contributed by atoms with Crippen LogP contribution in [0.25, 0.3) is 0 Å². The maximum Gasteiger partial charge on any atom is 0.242 e. The van der Waals surface area contributed by atoms with E-state index < -0.39 is 0 Å². The van der Waals surface area contributed by atoms with E-state index in [2.05, 4.69) is 22.2 Å². The zero-order valence-electron chi connectivity index (χ0n) is 9.73. The first-order chi connectivity index (χ1) is 7.70. The molecule has 88 valence electrons. The third-order valence-corrected chi connectivity index (χ3v) is 3.08. The van der Waals surface area contributed by atoms with E-state index in [1.807, 2.05) is 0 Å². The fraction of sp³-hybridized carbons (Fsp3) is 0.636. The first-order valence-electron chi connectivity index (χ1n) is 5.61. The van der Waals surface area contributed by atoms with Crippen molar-refractivity contribution in [2.75, 3.05) is 18.2 Å². The summed E-state index contributed by atoms with van der Waals surface area (Å²) in [5.74, 6) is 1.90. The molecule has 1 heterocycles. The molecular weight excluding hydrogens is 204 g/mol. The standard InChI is InChI=1S/C11H18N4O/c1-7-3-4-8(5-7)15-10-9(12)11(16-2)14-6-13-10/h6-8H,3-5,12H2,1-2H3,(H,13,14,15). The Bertz CT molecular complexity index is 369. The third kappa shape index (κ3) is 2.18. The van der Waals surface area contributed by atoms with Crippen molar-refractivity contribution >= 4 is 11.5 Å². The quantitative estimate of drug-likeness (QED) is 0.813. The summed E-state index contributed by atoms with van der Waals surface area (Å²) in [6.07, 6.45) is 5.08. The van der Waals surface area contributed by atoms with Crippen LogP contribution in [0.15, 0.2) is 6.33 Å². The van der Waals surface area contributed by atoms with Crippen molar-refractivity contribution in [1.29, 1.82) is 0 Å². The second-order valence-corrected chi connectivity index (χ2v) is 4.40. The van der Waals surface area contributed by atoms with Gasteiger partial charge in [0.05, 0.1) is 7.11 Å². The fourth-order valence-corrected chi connectivity index (χ4v) is 2.19. The number of anilines is 2. The molecule has 1 fully saturated rings. The molecule has 1 aliphatic rings. The highest BCUT2D eigenvalue weighted by Gasteiger charge is 2.22. The Labute approximate surface area is 95.4 Å². The van der Waals surface area contributed by atoms with Crippen molar-refractivity contribution in [3.05, 3.63) is 6.33 Å². The zero-order valence-corrected chi connectivity index (χ0v) is 9.73. The number of hydrogen-bond donors (Lipinski definition) is 2. The summed E-state index contributed by atoms with van der Waals surface area (Å²) in [4.78, 5) is 8.10. The molecule has 0 aliphatic heterocycles. The van der Waals surface area contributed by atoms with Gasteiger partial charge in [-0.3, -0.25) is 0 Å². The van der Waals surface area contributed by atoms with Crippen molar-refractivity contribution in [3.8, 4) is 5.88 Å². The zero-order chi connectivity index (χ0) is 11.5. The van der Waals surface area contributed by atoms with Crippen LogP contribution in [0, 0.1) is 5.92 Å². The van der Waals surface area contributed by atoms with Crippen LogP contribution in [0.1, 0.15) is 26.2 Å². The average Bonchev–Trinajstić information content (AvgIpc) is 2.67. The second kappa shape index (κ2) is 4.55. The van der Waals surface area contributed by atoms with Gasteiger partial charge >= 0.3 is 0 Å². The van der Waals surface area contributed by atoms with Gasteiger partial charge in [0.1, 0.15) is 12.0 Å². The van der Waals surface area contributed by atoms with E-state index in [1.54, 1.807) is 7.11 Å². The number of nitrogens with two attached hydrogens (primary N) is 1. The predicted octanol–water partition coefficient (Wildman–Crippen LogP) is 1.67. The molecule has 3 N–H and O–H groups in total. The minimum Gasteiger partial charge on any atom is -0.479 e. The molecule has 0 radical (unpaired) electrons. The van der Waals surface area contributed by atoms with Crippen molar-refractivity contribution < 1.29 is 4.74 Å². The maximum atomic E-state index is 5.89. The van der Waals surface area contributed by atoms with Crippen LogP contribution in [0.4, 0.5) is 11.5 Å². The van der Waals surface area contributed by atoms with Gasteiger partial charge in [0.2, 0.25) is 5.88 Å². The molecule has 1 aliphatic carbocycles. The van der Waals surface area contributed by atoms with Gasteiger partial charge in [-0.25, -0.2) is 4.98 Å². The number of nitrogens with zero attached hydrogens (tertiary/aromatic N) is 2. The van der Waals surface area contributed by atoms with E-state index in [0.717, 1.165) is 5.92 Å². The summed E-state index contributed by atoms with van der Waals surface area (Å²) in [5.41, 5.74) is 6.38. The predicted molar refractivity (Wildman–Crippen MR) is 63.4 cm³/mol. The van der Waals surface area contributed by atoms with Crippen LogP contribution in [0.2, 0.25) is 0 Å². The molecule has 1 aromatic heterocycles. The molecule has 0 saturated heterocycles. The topological polar surface area (TPSA) is 73.1 Å². The fourth-order valence-electron chi connectivity index (χ4n) is 2.19. The summed E-state index contributed by atoms with van der Waals surface area (Å²) >= 11 is 0. The molecule has 16 heavy (non-hydrogen) atoms. The van der Waals surface area contributed by atoms with Gasteiger partial charge < -0.3 is 15.8 Å². The monoisotopic (exact) mass is 222 g/mol. The molecule has 0 aromatic carbocycles. The lowest BCUT2D eigenvalue weighted by molar-refractivity contribution is 0.399. The van der Waals surface area contributed by atoms with Crippen LogP contribution >= 0.6 is 0 Å². The lowest BCUT2D eigenvalue weighted by atomic mass is 10.1. The Morgan fingerprint density at radius 1 is 1.44 bits per heavy atom. The Morgan fingerprint density at radius 3 is 2.88 bits per heavy atom. The first kappa shape index (κ1) is 11.0. The van der Waals surface area contributed by atoms with E-state index in [9.17, 15) is 0 Å². The van der Waals surface area contributed by atoms with Crippen molar-refractivity contribution in [2.24, 2.45) is 5.92 Å². The number of aromatic nitrogens is 2. The Morgan fingerprint density at radius 2 is 2.25 bits per heavy atom. The van der Waals surface area contributed by atoms with Crippen molar-refractivity contribution in [1.82, 2.24) is 9.97 Å². The van der Waals surface area contributed by atoms with Gasteiger partial charge in [0.15, 0.2) is 5.82 Å². The second-order valence-electron chi connectivity index (χ2n) is 4.40. The lowest BCUT2D eigenvalue weighted by Gasteiger charge is -2.15. The summed E-state index contributed by atoms with van der Waals surface area (Å²) < 4.78 is 5.06. The summed E-state index contributed by atoms with van der Waals surface area (Å²) in [5, 5.41) is 3.36. The van der Waals surface area contributed by atoms with Crippen molar-refractivity contribution in [2.45, 2.75) is 32.2 Å². The number of nitrogen functional groups attached to an aromatic ring is 1. The van der Waals surface area contributed by atoms with E-state index >= 15 is 0 Å². The summed E-state index contributed by atoms with van der Waals surface area (Å²) in [6, 6.07) is 0.469. The summed E-state index contributed by atoms with van der Waals surface area (Å²) in [6.45, 7) is 2.27. The number of nitrogens with one attached hydrogen (secondary N) is 1. The first-order valence-corrected chi connectivity index (χ1v) is 5.61. The maximum absolute atomic E-state index is 5.89. The lowest BCUT2D eigenvalue weighted by Crippen LogP contribution is -2.17. The van der Waals surface area contributed by atoms with E-state index in [4.69, 9.17) is 10.5 Å². The van der Waals surface area contributed by atoms with Gasteiger partial charge in [-0.15, -0.1) is 0 Å². The van der Waals surface area contributed by atoms with Gasteiger partial charge in [0.25, 0.3) is 0 Å². The van der Waals surface area contributed by atoms with Crippen LogP contribution in [-0.2, 0) is 0 Å². The normalized spacial score (nSPS) is 24.4. The molecule has 1 aromatic rings. The van der Waals surface area contributed by atoms with Gasteiger partial charge in [-0.05, 0) is 25.2 Å². The molecule has 5 heteroatoms. The van der Waals surface area contributed by atoms with E-state index in [0.29, 0.717) is 23.4 Å². The van der Waals surface area contributed by atoms with Crippen LogP contribution in [-0.4, -0.2) is 23.1 Å². The molecule has 2 unspecified atom stereocenters. The van der Waals surface area contributed by atoms with Gasteiger partial charge in [0, 0.05) is 6.04 Å². The van der Waals surface area contributed by atoms with Crippen molar-refractivity contribution in [3.63, 3.8) is 0 Å². The molecule has 0 bridgehead atoms. The SMILES string of the molecule is COc1ncnc(NC2CCC(C)C2)c1N. The highest BCUT2D eigenvalue weighted by atomic mass is 16.5. The van der Waals surface area contributed by atoms with Gasteiger partial charge in [-0.2, -0.15) is 4.98 Å². The Balaban J connectivity index is 2.09. The highest BCUT2D eigenvalue weighted by Crippen LogP contribution is 2.30. The van der Waals surface area contributed by atoms with Gasteiger partial charge in [-0.1, -0.05) is 6.92 Å². The minimum atomic E-state index is 0.434. The molecular formula is C11H18N4O. The van der Waals surface area contributed by atoms with Crippen LogP contribution in [0.3, 0.4) is 0 Å². The smallest absolute Gasteiger partial charge is 0.242 e. The average molecular weight is 222 g/mol. The Hall–Kier alpha value is -1.52. The van der Waals surface area contributed by atoms with E-state index in [1.165, 1.54) is 25.6 Å². The summed E-state index contributed by atoms with van der Waals surface area (Å²) in [7, 11) is 1.56. The minimum absolute atomic E-state index is 0.434. The molecule has 0 spiro atoms. The number of methoxy groups -OCH3 is 1. The number of ether oxygens (including phenoxy) is 1. The Kier molecular flexibility index (Phi) is 3.12. The molecule has 0 amide bonds. The van der Waals surface area contributed by atoms with E-state index in [-0.39, 0.29) is 0 Å². The highest BCUT2D eigenvalue weighted by molar-refractivity contribution is 5.66. The number of rotatable bonds is 3. The third-order valence-electron chi connectivity index (χ3n) is 3.08.